The zero-order valence-corrected chi connectivity index (χ0v) is 17.1. The Kier molecular flexibility index (Phi) is 6.24. The van der Waals surface area contributed by atoms with Gasteiger partial charge in [0.25, 0.3) is 0 Å². The van der Waals surface area contributed by atoms with E-state index >= 15 is 0 Å². The summed E-state index contributed by atoms with van der Waals surface area (Å²) in [5.41, 5.74) is 1.00. The van der Waals surface area contributed by atoms with Gasteiger partial charge in [0.2, 0.25) is 9.84 Å². The molecule has 0 spiro atoms. The fourth-order valence-electron chi connectivity index (χ4n) is 2.66. The highest BCUT2D eigenvalue weighted by atomic mass is 32.2. The second kappa shape index (κ2) is 8.84. The Morgan fingerprint density at radius 2 is 1.45 bits per heavy atom. The molecule has 150 valence electrons. The van der Waals surface area contributed by atoms with Crippen molar-refractivity contribution in [2.24, 2.45) is 0 Å². The van der Waals surface area contributed by atoms with Crippen molar-refractivity contribution in [3.05, 3.63) is 84.9 Å². The minimum absolute atomic E-state index is 0.207. The molecule has 0 aliphatic rings. The van der Waals surface area contributed by atoms with E-state index in [9.17, 15) is 8.42 Å². The fourth-order valence-corrected chi connectivity index (χ4v) is 3.92. The third-order valence-corrected chi connectivity index (χ3v) is 5.98. The van der Waals surface area contributed by atoms with Gasteiger partial charge in [-0.25, -0.2) is 8.42 Å². The molecule has 0 saturated carbocycles. The van der Waals surface area contributed by atoms with Crippen molar-refractivity contribution in [1.82, 2.24) is 0 Å². The largest absolute Gasteiger partial charge is 0.493 e. The molecule has 0 radical (unpaired) electrons. The van der Waals surface area contributed by atoms with Gasteiger partial charge >= 0.3 is 0 Å². The SMILES string of the molecule is C=CCOc1cc(Oc2ccc(S(=O)(=O)c3ccc(C)cc3)cc2)ccc1OC. The van der Waals surface area contributed by atoms with Gasteiger partial charge in [0, 0.05) is 6.07 Å². The van der Waals surface area contributed by atoms with Crippen LogP contribution in [-0.4, -0.2) is 22.1 Å². The Morgan fingerprint density at radius 1 is 0.862 bits per heavy atom. The molecule has 0 atom stereocenters. The number of benzene rings is 3. The van der Waals surface area contributed by atoms with E-state index in [1.54, 1.807) is 67.8 Å². The highest BCUT2D eigenvalue weighted by Crippen LogP contribution is 2.34. The molecule has 3 aromatic carbocycles. The van der Waals surface area contributed by atoms with Crippen molar-refractivity contribution in [1.29, 1.82) is 0 Å². The lowest BCUT2D eigenvalue weighted by molar-refractivity contribution is 0.324. The van der Waals surface area contributed by atoms with Gasteiger partial charge in [0.15, 0.2) is 11.5 Å². The summed E-state index contributed by atoms with van der Waals surface area (Å²) >= 11 is 0. The second-order valence-electron chi connectivity index (χ2n) is 6.30. The summed E-state index contributed by atoms with van der Waals surface area (Å²) in [6, 6.07) is 18.3. The number of hydrogen-bond acceptors (Lipinski definition) is 5. The average Bonchev–Trinajstić information content (AvgIpc) is 2.73. The van der Waals surface area contributed by atoms with Crippen LogP contribution in [0.25, 0.3) is 0 Å². The smallest absolute Gasteiger partial charge is 0.206 e. The van der Waals surface area contributed by atoms with E-state index in [2.05, 4.69) is 6.58 Å². The van der Waals surface area contributed by atoms with Gasteiger partial charge < -0.3 is 14.2 Å². The topological polar surface area (TPSA) is 61.8 Å². The Bertz CT molecular complexity index is 1090. The van der Waals surface area contributed by atoms with Gasteiger partial charge in [-0.3, -0.25) is 0 Å². The quantitative estimate of drug-likeness (QED) is 0.478. The minimum Gasteiger partial charge on any atom is -0.493 e. The molecule has 0 unspecified atom stereocenters. The number of hydrogen-bond donors (Lipinski definition) is 0. The van der Waals surface area contributed by atoms with Crippen molar-refractivity contribution in [2.45, 2.75) is 16.7 Å². The lowest BCUT2D eigenvalue weighted by Crippen LogP contribution is -2.01. The Labute approximate surface area is 171 Å². The maximum atomic E-state index is 12.8. The third kappa shape index (κ3) is 4.78. The van der Waals surface area contributed by atoms with E-state index in [0.29, 0.717) is 29.6 Å². The molecule has 5 nitrogen and oxygen atoms in total. The van der Waals surface area contributed by atoms with Gasteiger partial charge in [-0.1, -0.05) is 30.4 Å². The molecule has 3 aromatic rings. The highest BCUT2D eigenvalue weighted by Gasteiger charge is 2.17. The molecule has 0 aromatic heterocycles. The van der Waals surface area contributed by atoms with E-state index in [-0.39, 0.29) is 9.79 Å². The molecule has 6 heteroatoms. The summed E-state index contributed by atoms with van der Waals surface area (Å²) < 4.78 is 42.2. The van der Waals surface area contributed by atoms with Gasteiger partial charge in [0.05, 0.1) is 16.9 Å². The number of ether oxygens (including phenoxy) is 3. The van der Waals surface area contributed by atoms with Crippen LogP contribution in [0.1, 0.15) is 5.56 Å². The Hall–Kier alpha value is -3.25. The monoisotopic (exact) mass is 410 g/mol. The molecular weight excluding hydrogens is 388 g/mol. The molecule has 0 aliphatic heterocycles. The van der Waals surface area contributed by atoms with Gasteiger partial charge in [-0.15, -0.1) is 0 Å². The van der Waals surface area contributed by atoms with Crippen molar-refractivity contribution in [2.75, 3.05) is 13.7 Å². The van der Waals surface area contributed by atoms with Crippen LogP contribution in [0, 0.1) is 6.92 Å². The van der Waals surface area contributed by atoms with Crippen molar-refractivity contribution in [3.63, 3.8) is 0 Å². The fraction of sp³-hybridized carbons (Fsp3) is 0.130. The standard InChI is InChI=1S/C23H22O5S/c1-4-15-27-23-16-19(9-14-22(23)26-3)28-18-7-12-21(13-8-18)29(24,25)20-10-5-17(2)6-11-20/h4-14,16H,1,15H2,2-3H3. The van der Waals surface area contributed by atoms with Crippen molar-refractivity contribution in [3.8, 4) is 23.0 Å². The van der Waals surface area contributed by atoms with Crippen LogP contribution < -0.4 is 14.2 Å². The predicted molar refractivity (Wildman–Crippen MR) is 112 cm³/mol. The summed E-state index contributed by atoms with van der Waals surface area (Å²) in [5, 5.41) is 0. The lowest BCUT2D eigenvalue weighted by Gasteiger charge is -2.12. The van der Waals surface area contributed by atoms with Crippen LogP contribution in [0.3, 0.4) is 0 Å². The molecule has 0 saturated heterocycles. The predicted octanol–water partition coefficient (Wildman–Crippen LogP) is 5.19. The average molecular weight is 410 g/mol. The van der Waals surface area contributed by atoms with Crippen LogP contribution in [0.5, 0.6) is 23.0 Å². The highest BCUT2D eigenvalue weighted by molar-refractivity contribution is 7.91. The van der Waals surface area contributed by atoms with Crippen molar-refractivity contribution < 1.29 is 22.6 Å². The van der Waals surface area contributed by atoms with Crippen LogP contribution in [0.2, 0.25) is 0 Å². The second-order valence-corrected chi connectivity index (χ2v) is 8.25. The van der Waals surface area contributed by atoms with Gasteiger partial charge in [0.1, 0.15) is 18.1 Å². The number of aryl methyl sites for hydroxylation is 1. The van der Waals surface area contributed by atoms with E-state index in [0.717, 1.165) is 5.56 Å². The maximum Gasteiger partial charge on any atom is 0.206 e. The van der Waals surface area contributed by atoms with Gasteiger partial charge in [-0.2, -0.15) is 0 Å². The first kappa shape index (κ1) is 20.5. The summed E-state index contributed by atoms with van der Waals surface area (Å²) in [7, 11) is -2.01. The first-order chi connectivity index (χ1) is 13.9. The van der Waals surface area contributed by atoms with E-state index < -0.39 is 9.84 Å². The summed E-state index contributed by atoms with van der Waals surface area (Å²) in [5.74, 6) is 2.16. The molecule has 29 heavy (non-hydrogen) atoms. The first-order valence-electron chi connectivity index (χ1n) is 8.95. The van der Waals surface area contributed by atoms with Gasteiger partial charge in [-0.05, 0) is 55.5 Å². The van der Waals surface area contributed by atoms with Crippen molar-refractivity contribution >= 4 is 9.84 Å². The van der Waals surface area contributed by atoms with Crippen LogP contribution in [-0.2, 0) is 9.84 Å². The molecule has 0 bridgehead atoms. The Morgan fingerprint density at radius 3 is 2.03 bits per heavy atom. The third-order valence-electron chi connectivity index (χ3n) is 4.19. The summed E-state index contributed by atoms with van der Waals surface area (Å²) in [4.78, 5) is 0.467. The molecule has 0 N–H and O–H groups in total. The normalized spacial score (nSPS) is 11.0. The zero-order chi connectivity index (χ0) is 20.9. The molecule has 0 amide bonds. The molecule has 3 rings (SSSR count). The summed E-state index contributed by atoms with van der Waals surface area (Å²) in [6.45, 7) is 5.88. The zero-order valence-electron chi connectivity index (χ0n) is 16.3. The number of sulfone groups is 1. The summed E-state index contributed by atoms with van der Waals surface area (Å²) in [6.07, 6.45) is 1.64. The Balaban J connectivity index is 1.80. The lowest BCUT2D eigenvalue weighted by atomic mass is 10.2. The minimum atomic E-state index is -3.57. The van der Waals surface area contributed by atoms with E-state index in [4.69, 9.17) is 14.2 Å². The molecule has 0 fully saturated rings. The molecule has 0 heterocycles. The first-order valence-corrected chi connectivity index (χ1v) is 10.4. The number of methoxy groups -OCH3 is 1. The van der Waals surface area contributed by atoms with Crippen LogP contribution in [0.15, 0.2) is 89.2 Å². The molecular formula is C23H22O5S. The van der Waals surface area contributed by atoms with Crippen LogP contribution >= 0.6 is 0 Å². The van der Waals surface area contributed by atoms with E-state index in [1.165, 1.54) is 12.1 Å². The number of rotatable bonds is 8. The molecule has 0 aliphatic carbocycles. The maximum absolute atomic E-state index is 12.8. The van der Waals surface area contributed by atoms with E-state index in [1.807, 2.05) is 6.92 Å². The van der Waals surface area contributed by atoms with Crippen LogP contribution in [0.4, 0.5) is 0 Å².